The van der Waals surface area contributed by atoms with Gasteiger partial charge in [0.05, 0.1) is 18.2 Å². The minimum atomic E-state index is -4.74. The maximum Gasteiger partial charge on any atom is 0.416 e. The molecule has 0 spiro atoms. The summed E-state index contributed by atoms with van der Waals surface area (Å²) in [5.74, 6) is -3.11. The number of likely N-dealkylation sites (tertiary alicyclic amines) is 1. The van der Waals surface area contributed by atoms with Crippen LogP contribution in [-0.4, -0.2) is 42.9 Å². The van der Waals surface area contributed by atoms with E-state index in [-0.39, 0.29) is 43.2 Å². The number of carbonyl (C=O) groups is 2. The SMILES string of the molecule is COc1cc(C2CCN(C(=O)c3ccc(F)cc3)CC2)c(C(F)(F)F)cc1C(=O)NC(=N)N. The molecule has 0 radical (unpaired) electrons. The van der Waals surface area contributed by atoms with Crippen molar-refractivity contribution in [1.29, 1.82) is 5.41 Å². The van der Waals surface area contributed by atoms with E-state index in [2.05, 4.69) is 0 Å². The van der Waals surface area contributed by atoms with Crippen LogP contribution in [0.5, 0.6) is 5.75 Å². The molecule has 1 saturated heterocycles. The number of hydrogen-bond acceptors (Lipinski definition) is 4. The fraction of sp³-hybridized carbons (Fsp3) is 0.318. The quantitative estimate of drug-likeness (QED) is 0.364. The van der Waals surface area contributed by atoms with E-state index in [4.69, 9.17) is 15.9 Å². The number of nitrogens with zero attached hydrogens (tertiary/aromatic N) is 1. The highest BCUT2D eigenvalue weighted by Gasteiger charge is 2.38. The molecule has 0 saturated carbocycles. The van der Waals surface area contributed by atoms with E-state index >= 15 is 0 Å². The maximum atomic E-state index is 13.9. The van der Waals surface area contributed by atoms with Gasteiger partial charge in [0.15, 0.2) is 5.96 Å². The zero-order valence-electron chi connectivity index (χ0n) is 17.6. The molecule has 1 aliphatic heterocycles. The Hall–Kier alpha value is -3.63. The van der Waals surface area contributed by atoms with Crippen LogP contribution >= 0.6 is 0 Å². The van der Waals surface area contributed by atoms with Crippen LogP contribution in [0.25, 0.3) is 0 Å². The number of nitrogens with one attached hydrogen (secondary N) is 2. The molecule has 0 bridgehead atoms. The minimum Gasteiger partial charge on any atom is -0.496 e. The number of nitrogens with two attached hydrogens (primary N) is 1. The standard InChI is InChI=1S/C22H22F4N4O3/c1-33-18-11-15(17(22(24,25)26)10-16(18)19(31)29-21(27)28)12-6-8-30(9-7-12)20(32)13-2-4-14(23)5-3-13/h2-5,10-12H,6-9H2,1H3,(H4,27,28,29,31). The topological polar surface area (TPSA) is 109 Å². The average Bonchev–Trinajstić information content (AvgIpc) is 2.77. The Balaban J connectivity index is 1.86. The Morgan fingerprint density at radius 1 is 1.15 bits per heavy atom. The average molecular weight is 466 g/mol. The van der Waals surface area contributed by atoms with Crippen LogP contribution in [0, 0.1) is 11.2 Å². The van der Waals surface area contributed by atoms with E-state index in [9.17, 15) is 27.2 Å². The summed E-state index contributed by atoms with van der Waals surface area (Å²) in [5.41, 5.74) is 4.00. The van der Waals surface area contributed by atoms with Crippen molar-refractivity contribution in [1.82, 2.24) is 10.2 Å². The van der Waals surface area contributed by atoms with Crippen molar-refractivity contribution in [3.05, 3.63) is 64.5 Å². The smallest absolute Gasteiger partial charge is 0.416 e. The second kappa shape index (κ2) is 9.47. The summed E-state index contributed by atoms with van der Waals surface area (Å²) < 4.78 is 59.8. The van der Waals surface area contributed by atoms with E-state index < -0.39 is 40.9 Å². The molecule has 1 heterocycles. The van der Waals surface area contributed by atoms with Gasteiger partial charge in [0.25, 0.3) is 11.8 Å². The van der Waals surface area contributed by atoms with Gasteiger partial charge < -0.3 is 15.4 Å². The number of guanidine groups is 1. The Labute approximate surface area is 187 Å². The number of alkyl halides is 3. The van der Waals surface area contributed by atoms with E-state index in [0.29, 0.717) is 11.6 Å². The van der Waals surface area contributed by atoms with Gasteiger partial charge in [-0.05, 0) is 60.7 Å². The van der Waals surface area contributed by atoms with Crippen molar-refractivity contribution in [2.45, 2.75) is 24.9 Å². The Morgan fingerprint density at radius 3 is 2.27 bits per heavy atom. The lowest BCUT2D eigenvalue weighted by Gasteiger charge is -2.33. The zero-order valence-corrected chi connectivity index (χ0v) is 17.6. The third kappa shape index (κ3) is 5.41. The van der Waals surface area contributed by atoms with E-state index in [1.54, 1.807) is 0 Å². The van der Waals surface area contributed by atoms with Gasteiger partial charge in [-0.15, -0.1) is 0 Å². The Kier molecular flexibility index (Phi) is 6.89. The van der Waals surface area contributed by atoms with E-state index in [1.807, 2.05) is 5.32 Å². The number of benzene rings is 2. The second-order valence-electron chi connectivity index (χ2n) is 7.58. The van der Waals surface area contributed by atoms with Gasteiger partial charge in [0.2, 0.25) is 0 Å². The third-order valence-electron chi connectivity index (χ3n) is 5.48. The molecular formula is C22H22F4N4O3. The molecule has 0 aliphatic carbocycles. The van der Waals surface area contributed by atoms with Gasteiger partial charge in [-0.3, -0.25) is 20.3 Å². The molecule has 3 rings (SSSR count). The number of hydrogen-bond donors (Lipinski definition) is 3. The van der Waals surface area contributed by atoms with E-state index in [1.165, 1.54) is 42.3 Å². The number of carbonyl (C=O) groups excluding carboxylic acids is 2. The summed E-state index contributed by atoms with van der Waals surface area (Å²) in [6.07, 6.45) is -4.22. The van der Waals surface area contributed by atoms with Crippen LogP contribution in [0.1, 0.15) is 50.6 Å². The first-order valence-corrected chi connectivity index (χ1v) is 10.0. The van der Waals surface area contributed by atoms with Gasteiger partial charge >= 0.3 is 6.18 Å². The molecule has 176 valence electrons. The summed E-state index contributed by atoms with van der Waals surface area (Å²) >= 11 is 0. The summed E-state index contributed by atoms with van der Waals surface area (Å²) in [6, 6.07) is 6.95. The van der Waals surface area contributed by atoms with E-state index in [0.717, 1.165) is 0 Å². The number of ether oxygens (including phenoxy) is 1. The first-order chi connectivity index (χ1) is 15.5. The number of halogens is 4. The lowest BCUT2D eigenvalue weighted by Crippen LogP contribution is -2.38. The minimum absolute atomic E-state index is 0.0346. The van der Waals surface area contributed by atoms with Crippen LogP contribution in [0.2, 0.25) is 0 Å². The number of amides is 2. The zero-order chi connectivity index (χ0) is 24.3. The largest absolute Gasteiger partial charge is 0.496 e. The molecule has 1 aliphatic rings. The molecular weight excluding hydrogens is 444 g/mol. The van der Waals surface area contributed by atoms with Crippen molar-refractivity contribution in [3.8, 4) is 5.75 Å². The lowest BCUT2D eigenvalue weighted by atomic mass is 9.85. The van der Waals surface area contributed by atoms with Crippen LogP contribution in [0.4, 0.5) is 17.6 Å². The number of methoxy groups -OCH3 is 1. The van der Waals surface area contributed by atoms with Crippen molar-refractivity contribution in [3.63, 3.8) is 0 Å². The molecule has 2 aromatic carbocycles. The van der Waals surface area contributed by atoms with Crippen molar-refractivity contribution in [2.75, 3.05) is 20.2 Å². The molecule has 33 heavy (non-hydrogen) atoms. The van der Waals surface area contributed by atoms with Crippen LogP contribution in [0.15, 0.2) is 36.4 Å². The third-order valence-corrected chi connectivity index (χ3v) is 5.48. The Bertz CT molecular complexity index is 1060. The highest BCUT2D eigenvalue weighted by atomic mass is 19.4. The summed E-state index contributed by atoms with van der Waals surface area (Å²) in [5, 5.41) is 9.09. The first kappa shape index (κ1) is 24.0. The monoisotopic (exact) mass is 466 g/mol. The second-order valence-corrected chi connectivity index (χ2v) is 7.58. The lowest BCUT2D eigenvalue weighted by molar-refractivity contribution is -0.138. The van der Waals surface area contributed by atoms with Crippen LogP contribution in [-0.2, 0) is 6.18 Å². The highest BCUT2D eigenvalue weighted by molar-refractivity contribution is 6.06. The van der Waals surface area contributed by atoms with Gasteiger partial charge in [0, 0.05) is 18.7 Å². The van der Waals surface area contributed by atoms with Gasteiger partial charge in [0.1, 0.15) is 11.6 Å². The molecule has 4 N–H and O–H groups in total. The van der Waals surface area contributed by atoms with Crippen molar-refractivity contribution in [2.24, 2.45) is 5.73 Å². The van der Waals surface area contributed by atoms with Gasteiger partial charge in [-0.2, -0.15) is 13.2 Å². The summed E-state index contributed by atoms with van der Waals surface area (Å²) in [7, 11) is 1.22. The first-order valence-electron chi connectivity index (χ1n) is 10.0. The van der Waals surface area contributed by atoms with Crippen LogP contribution < -0.4 is 15.8 Å². The molecule has 2 aromatic rings. The van der Waals surface area contributed by atoms with Gasteiger partial charge in [-0.1, -0.05) is 0 Å². The maximum absolute atomic E-state index is 13.9. The summed E-state index contributed by atoms with van der Waals surface area (Å²) in [4.78, 5) is 26.4. The molecule has 0 aromatic heterocycles. The summed E-state index contributed by atoms with van der Waals surface area (Å²) in [6.45, 7) is 0.431. The molecule has 1 fully saturated rings. The fourth-order valence-corrected chi connectivity index (χ4v) is 3.88. The predicted molar refractivity (Wildman–Crippen MR) is 112 cm³/mol. The normalized spacial score (nSPS) is 14.6. The van der Waals surface area contributed by atoms with Crippen LogP contribution in [0.3, 0.4) is 0 Å². The molecule has 7 nitrogen and oxygen atoms in total. The molecule has 0 unspecified atom stereocenters. The fourth-order valence-electron chi connectivity index (χ4n) is 3.88. The Morgan fingerprint density at radius 2 is 1.76 bits per heavy atom. The van der Waals surface area contributed by atoms with Crippen molar-refractivity contribution < 1.29 is 31.9 Å². The van der Waals surface area contributed by atoms with Crippen molar-refractivity contribution >= 4 is 17.8 Å². The highest BCUT2D eigenvalue weighted by Crippen LogP contribution is 2.42. The molecule has 11 heteroatoms. The predicted octanol–water partition coefficient (Wildman–Crippen LogP) is 3.50. The number of rotatable bonds is 4. The van der Waals surface area contributed by atoms with Gasteiger partial charge in [-0.25, -0.2) is 4.39 Å². The number of piperidine rings is 1. The molecule has 0 atom stereocenters. The molecule has 2 amide bonds.